The molecule has 2 aromatic carbocycles. The molecule has 0 aliphatic carbocycles. The minimum atomic E-state index is -1.62. The third kappa shape index (κ3) is 3.81. The second-order valence-corrected chi connectivity index (χ2v) is 9.26. The maximum absolute atomic E-state index is 15.4. The van der Waals surface area contributed by atoms with E-state index in [0.717, 1.165) is 21.4 Å². The van der Waals surface area contributed by atoms with E-state index in [2.05, 4.69) is 11.5 Å². The second kappa shape index (κ2) is 8.94. The first-order chi connectivity index (χ1) is 16.4. The topological polar surface area (TPSA) is 90.7 Å². The summed E-state index contributed by atoms with van der Waals surface area (Å²) in [4.78, 5) is 33.0. The van der Waals surface area contributed by atoms with E-state index in [4.69, 9.17) is 9.72 Å². The second-order valence-electron chi connectivity index (χ2n) is 8.25. The van der Waals surface area contributed by atoms with Gasteiger partial charge in [0, 0.05) is 32.4 Å². The van der Waals surface area contributed by atoms with E-state index < -0.39 is 22.8 Å². The first-order valence-corrected chi connectivity index (χ1v) is 11.5. The van der Waals surface area contributed by atoms with E-state index in [0.29, 0.717) is 37.4 Å². The molecular formula is C24H18FN4NaO4S. The van der Waals surface area contributed by atoms with Crippen LogP contribution in [-0.4, -0.2) is 48.3 Å². The normalized spacial score (nSPS) is 15.3. The number of carboxylic acid groups (broad SMARTS) is 1. The van der Waals surface area contributed by atoms with Crippen molar-refractivity contribution in [3.05, 3.63) is 64.7 Å². The third-order valence-corrected chi connectivity index (χ3v) is 7.36. The standard InChI is InChI=1S/C24H19FN4O4S.Na/c1-13-12-33-22-19-14(21(30)15(23(31)32)11-29(13)19)10-16(25)20(22)27-6-8-28(9-7-27)24-26-17-4-2-3-5-18(17)34-24;/h2-5,10-11H,1,6-9,12H2,(H,31,32);/q;+1/p-1. The number of carbonyl (C=O) groups is 1. The molecule has 8 nitrogen and oxygen atoms in total. The molecule has 0 N–H and O–H groups in total. The van der Waals surface area contributed by atoms with Crippen molar-refractivity contribution in [2.24, 2.45) is 0 Å². The van der Waals surface area contributed by atoms with Gasteiger partial charge in [0.2, 0.25) is 0 Å². The summed E-state index contributed by atoms with van der Waals surface area (Å²) < 4.78 is 23.9. The number of anilines is 2. The predicted molar refractivity (Wildman–Crippen MR) is 127 cm³/mol. The Morgan fingerprint density at radius 1 is 1.17 bits per heavy atom. The van der Waals surface area contributed by atoms with Gasteiger partial charge in [-0.15, -0.1) is 0 Å². The number of benzene rings is 2. The minimum Gasteiger partial charge on any atom is -0.545 e. The number of rotatable bonds is 3. The average Bonchev–Trinajstić information content (AvgIpc) is 3.27. The van der Waals surface area contributed by atoms with Gasteiger partial charge in [-0.1, -0.05) is 30.0 Å². The minimum absolute atomic E-state index is 0. The average molecular weight is 500 g/mol. The van der Waals surface area contributed by atoms with Crippen molar-refractivity contribution in [3.63, 3.8) is 0 Å². The number of aromatic carboxylic acids is 1. The first kappa shape index (κ1) is 23.8. The van der Waals surface area contributed by atoms with Crippen molar-refractivity contribution in [1.29, 1.82) is 0 Å². The molecular weight excluding hydrogens is 482 g/mol. The van der Waals surface area contributed by atoms with E-state index in [9.17, 15) is 14.7 Å². The summed E-state index contributed by atoms with van der Waals surface area (Å²) >= 11 is 1.63. The number of pyridine rings is 1. The summed E-state index contributed by atoms with van der Waals surface area (Å²) in [6.45, 7) is 6.27. The van der Waals surface area contributed by atoms with Crippen LogP contribution in [0.2, 0.25) is 0 Å². The Hall–Kier alpha value is -2.92. The van der Waals surface area contributed by atoms with E-state index in [1.807, 2.05) is 29.2 Å². The number of carbonyl (C=O) groups excluding carboxylic acids is 1. The number of piperazine rings is 1. The van der Waals surface area contributed by atoms with Crippen molar-refractivity contribution < 1.29 is 48.6 Å². The van der Waals surface area contributed by atoms with Gasteiger partial charge in [-0.3, -0.25) is 4.79 Å². The van der Waals surface area contributed by atoms with E-state index in [1.54, 1.807) is 11.3 Å². The number of fused-ring (bicyclic) bond motifs is 1. The molecule has 2 aliphatic rings. The predicted octanol–water partition coefficient (Wildman–Crippen LogP) is -0.692. The fraction of sp³-hybridized carbons (Fsp3) is 0.208. The molecule has 1 saturated heterocycles. The number of para-hydroxylation sites is 1. The molecule has 0 saturated carbocycles. The van der Waals surface area contributed by atoms with Gasteiger partial charge in [0.05, 0.1) is 32.8 Å². The molecule has 1 fully saturated rings. The number of aromatic nitrogens is 2. The van der Waals surface area contributed by atoms with Crippen LogP contribution in [0.5, 0.6) is 5.75 Å². The maximum atomic E-state index is 15.4. The molecule has 0 unspecified atom stereocenters. The Morgan fingerprint density at radius 2 is 1.89 bits per heavy atom. The number of hydrogen-bond acceptors (Lipinski definition) is 8. The van der Waals surface area contributed by atoms with Gasteiger partial charge < -0.3 is 29.0 Å². The fourth-order valence-corrected chi connectivity index (χ4v) is 5.60. The molecule has 0 atom stereocenters. The van der Waals surface area contributed by atoms with Gasteiger partial charge >= 0.3 is 29.6 Å². The zero-order chi connectivity index (χ0) is 23.6. The maximum Gasteiger partial charge on any atom is 1.00 e. The van der Waals surface area contributed by atoms with Crippen LogP contribution in [0.3, 0.4) is 0 Å². The van der Waals surface area contributed by atoms with Crippen LogP contribution < -0.4 is 54.6 Å². The molecule has 0 radical (unpaired) electrons. The Balaban J connectivity index is 0.00000253. The van der Waals surface area contributed by atoms with Crippen LogP contribution in [0.1, 0.15) is 10.4 Å². The van der Waals surface area contributed by atoms with Crippen molar-refractivity contribution >= 4 is 54.9 Å². The van der Waals surface area contributed by atoms with Crippen molar-refractivity contribution in [3.8, 4) is 5.75 Å². The summed E-state index contributed by atoms with van der Waals surface area (Å²) in [6, 6.07) is 9.06. The van der Waals surface area contributed by atoms with E-state index >= 15 is 4.39 Å². The molecule has 0 amide bonds. The summed E-state index contributed by atoms with van der Waals surface area (Å²) in [5, 5.41) is 12.3. The van der Waals surface area contributed by atoms with Crippen molar-refractivity contribution in [1.82, 2.24) is 9.55 Å². The molecule has 0 bridgehead atoms. The van der Waals surface area contributed by atoms with Crippen LogP contribution >= 0.6 is 11.3 Å². The number of thiazole rings is 1. The zero-order valence-corrected chi connectivity index (χ0v) is 21.7. The number of nitrogens with zero attached hydrogens (tertiary/aromatic N) is 4. The summed E-state index contributed by atoms with van der Waals surface area (Å²) in [6.07, 6.45) is 1.18. The molecule has 0 spiro atoms. The first-order valence-electron chi connectivity index (χ1n) is 10.7. The SMILES string of the molecule is C=C1COc2c(N3CCN(c4nc5ccccc5s4)CC3)c(F)cc3c(=O)c(C(=O)[O-])cn1c23.[Na+]. The van der Waals surface area contributed by atoms with E-state index in [-0.39, 0.29) is 53.0 Å². The number of carboxylic acids is 1. The molecule has 2 aromatic heterocycles. The van der Waals surface area contributed by atoms with Crippen molar-refractivity contribution in [2.75, 3.05) is 42.6 Å². The van der Waals surface area contributed by atoms with Gasteiger partial charge in [0.25, 0.3) is 0 Å². The smallest absolute Gasteiger partial charge is 0.545 e. The molecule has 35 heavy (non-hydrogen) atoms. The third-order valence-electron chi connectivity index (χ3n) is 6.26. The van der Waals surface area contributed by atoms with Crippen LogP contribution in [0.15, 0.2) is 47.9 Å². The number of hydrogen-bond donors (Lipinski definition) is 0. The molecule has 11 heteroatoms. The number of halogens is 1. The quantitative estimate of drug-likeness (QED) is 0.344. The Morgan fingerprint density at radius 3 is 2.60 bits per heavy atom. The summed E-state index contributed by atoms with van der Waals surface area (Å²) in [5.41, 5.74) is 0.625. The van der Waals surface area contributed by atoms with Gasteiger partial charge in [0.1, 0.15) is 17.8 Å². The Kier molecular flexibility index (Phi) is 6.08. The Bertz CT molecular complexity index is 1540. The molecule has 2 aliphatic heterocycles. The molecule has 6 rings (SSSR count). The monoisotopic (exact) mass is 500 g/mol. The van der Waals surface area contributed by atoms with Crippen LogP contribution in [-0.2, 0) is 0 Å². The summed E-state index contributed by atoms with van der Waals surface area (Å²) in [5.74, 6) is -2.03. The fourth-order valence-electron chi connectivity index (χ4n) is 4.58. The van der Waals surface area contributed by atoms with Crippen molar-refractivity contribution in [2.45, 2.75) is 0 Å². The number of ether oxygens (including phenoxy) is 1. The van der Waals surface area contributed by atoms with Gasteiger partial charge in [-0.05, 0) is 18.2 Å². The zero-order valence-electron chi connectivity index (χ0n) is 18.9. The molecule has 4 aromatic rings. The van der Waals surface area contributed by atoms with Crippen LogP contribution in [0.4, 0.5) is 15.2 Å². The Labute approximate surface area is 225 Å². The van der Waals surface area contributed by atoms with Gasteiger partial charge in [-0.2, -0.15) is 0 Å². The van der Waals surface area contributed by atoms with Gasteiger partial charge in [0.15, 0.2) is 22.1 Å². The van der Waals surface area contributed by atoms with Gasteiger partial charge in [-0.25, -0.2) is 9.37 Å². The van der Waals surface area contributed by atoms with Crippen LogP contribution in [0, 0.1) is 5.82 Å². The molecule has 4 heterocycles. The summed E-state index contributed by atoms with van der Waals surface area (Å²) in [7, 11) is 0. The largest absolute Gasteiger partial charge is 1.00 e. The van der Waals surface area contributed by atoms with E-state index in [1.165, 1.54) is 10.8 Å². The molecule has 172 valence electrons. The van der Waals surface area contributed by atoms with Crippen LogP contribution in [0.25, 0.3) is 26.8 Å².